The van der Waals surface area contributed by atoms with Gasteiger partial charge in [-0.1, -0.05) is 13.8 Å². The molecule has 0 radical (unpaired) electrons. The molecule has 6 heteroatoms. The maximum absolute atomic E-state index is 5.69. The maximum atomic E-state index is 5.69. The van der Waals surface area contributed by atoms with E-state index in [0.717, 1.165) is 57.0 Å². The fourth-order valence-corrected chi connectivity index (χ4v) is 3.69. The summed E-state index contributed by atoms with van der Waals surface area (Å²) in [6.45, 7) is 8.01. The molecule has 1 aliphatic heterocycles. The van der Waals surface area contributed by atoms with Crippen molar-refractivity contribution in [2.45, 2.75) is 70.9 Å². The molecule has 1 aliphatic carbocycles. The molecule has 1 unspecified atom stereocenters. The minimum Gasteiger partial charge on any atom is -0.379 e. The monoisotopic (exact) mass is 467 g/mol. The van der Waals surface area contributed by atoms with Crippen LogP contribution in [0, 0.1) is 11.8 Å². The number of aliphatic imine (C=N–C) groups is 1. The molecule has 2 fully saturated rings. The maximum Gasteiger partial charge on any atom is 0.191 e. The van der Waals surface area contributed by atoms with Crippen molar-refractivity contribution < 1.29 is 9.47 Å². The van der Waals surface area contributed by atoms with Crippen LogP contribution in [0.1, 0.15) is 58.8 Å². The first-order valence-corrected chi connectivity index (χ1v) is 9.85. The Morgan fingerprint density at radius 3 is 2.56 bits per heavy atom. The summed E-state index contributed by atoms with van der Waals surface area (Å²) in [6, 6.07) is 0.571. The molecular weight excluding hydrogens is 429 g/mol. The summed E-state index contributed by atoms with van der Waals surface area (Å²) in [4.78, 5) is 4.35. The summed E-state index contributed by atoms with van der Waals surface area (Å²) in [5.41, 5.74) is 0. The lowest BCUT2D eigenvalue weighted by atomic mass is 9.80. The van der Waals surface area contributed by atoms with Crippen LogP contribution in [0.25, 0.3) is 0 Å². The van der Waals surface area contributed by atoms with E-state index in [1.165, 1.54) is 32.1 Å². The minimum absolute atomic E-state index is 0. The Morgan fingerprint density at radius 1 is 1.20 bits per heavy atom. The van der Waals surface area contributed by atoms with E-state index in [9.17, 15) is 0 Å². The van der Waals surface area contributed by atoms with Crippen LogP contribution >= 0.6 is 24.0 Å². The number of ether oxygens (including phenoxy) is 2. The number of hydrogen-bond acceptors (Lipinski definition) is 3. The van der Waals surface area contributed by atoms with E-state index in [1.807, 2.05) is 7.05 Å². The zero-order valence-corrected chi connectivity index (χ0v) is 18.6. The van der Waals surface area contributed by atoms with Gasteiger partial charge in [0.15, 0.2) is 5.96 Å². The molecule has 1 saturated heterocycles. The second-order valence-corrected chi connectivity index (χ2v) is 7.56. The highest BCUT2D eigenvalue weighted by atomic mass is 127. The van der Waals surface area contributed by atoms with Gasteiger partial charge in [0.05, 0.1) is 12.7 Å². The molecule has 2 rings (SSSR count). The van der Waals surface area contributed by atoms with E-state index in [0.29, 0.717) is 12.1 Å². The van der Waals surface area contributed by atoms with Crippen LogP contribution in [-0.4, -0.2) is 51.5 Å². The third kappa shape index (κ3) is 8.91. The first kappa shape index (κ1) is 23.0. The predicted molar refractivity (Wildman–Crippen MR) is 115 cm³/mol. The standard InChI is InChI=1S/C19H37N3O2.HI/c1-15(2)16-7-9-17(10-8-16)22-19(20-3)21-11-5-12-23-14-18-6-4-13-24-18;/h15-18H,4-14H2,1-3H3,(H2,20,21,22);1H. The Kier molecular flexibility index (Phi) is 12.1. The Balaban J connectivity index is 0.00000312. The number of nitrogens with zero attached hydrogens (tertiary/aromatic N) is 1. The summed E-state index contributed by atoms with van der Waals surface area (Å²) in [6.07, 6.45) is 8.83. The third-order valence-corrected chi connectivity index (χ3v) is 5.36. The first-order valence-electron chi connectivity index (χ1n) is 9.85. The first-order chi connectivity index (χ1) is 11.7. The van der Waals surface area contributed by atoms with Gasteiger partial charge >= 0.3 is 0 Å². The molecule has 2 aliphatic rings. The second kappa shape index (κ2) is 13.1. The number of hydrogen-bond donors (Lipinski definition) is 2. The number of nitrogens with one attached hydrogen (secondary N) is 2. The van der Waals surface area contributed by atoms with Gasteiger partial charge in [-0.2, -0.15) is 0 Å². The highest BCUT2D eigenvalue weighted by molar-refractivity contribution is 14.0. The van der Waals surface area contributed by atoms with Gasteiger partial charge in [-0.05, 0) is 56.8 Å². The molecule has 25 heavy (non-hydrogen) atoms. The SMILES string of the molecule is CN=C(NCCCOCC1CCCO1)NC1CCC(C(C)C)CC1.I. The summed E-state index contributed by atoms with van der Waals surface area (Å²) in [5.74, 6) is 2.65. The lowest BCUT2D eigenvalue weighted by Crippen LogP contribution is -2.45. The predicted octanol–water partition coefficient (Wildman–Crippen LogP) is 3.57. The molecule has 1 heterocycles. The van der Waals surface area contributed by atoms with Crippen LogP contribution in [-0.2, 0) is 9.47 Å². The molecule has 148 valence electrons. The topological polar surface area (TPSA) is 54.9 Å². The molecule has 1 atom stereocenters. The van der Waals surface area contributed by atoms with Crippen molar-refractivity contribution >= 4 is 29.9 Å². The van der Waals surface area contributed by atoms with Crippen LogP contribution in [0.4, 0.5) is 0 Å². The summed E-state index contributed by atoms with van der Waals surface area (Å²) in [5, 5.41) is 6.99. The second-order valence-electron chi connectivity index (χ2n) is 7.56. The van der Waals surface area contributed by atoms with Gasteiger partial charge in [0, 0.05) is 32.8 Å². The Bertz CT molecular complexity index is 366. The number of guanidine groups is 1. The van der Waals surface area contributed by atoms with Gasteiger partial charge in [0.1, 0.15) is 0 Å². The van der Waals surface area contributed by atoms with Crippen molar-refractivity contribution in [3.8, 4) is 0 Å². The van der Waals surface area contributed by atoms with Crippen LogP contribution in [0.2, 0.25) is 0 Å². The Labute approximate surface area is 171 Å². The highest BCUT2D eigenvalue weighted by Gasteiger charge is 2.23. The van der Waals surface area contributed by atoms with E-state index in [1.54, 1.807) is 0 Å². The van der Waals surface area contributed by atoms with Gasteiger partial charge in [0.25, 0.3) is 0 Å². The van der Waals surface area contributed by atoms with Crippen molar-refractivity contribution in [2.75, 3.05) is 33.4 Å². The van der Waals surface area contributed by atoms with E-state index >= 15 is 0 Å². The third-order valence-electron chi connectivity index (χ3n) is 5.36. The van der Waals surface area contributed by atoms with Crippen LogP contribution in [0.3, 0.4) is 0 Å². The van der Waals surface area contributed by atoms with E-state index in [-0.39, 0.29) is 24.0 Å². The minimum atomic E-state index is 0. The zero-order chi connectivity index (χ0) is 17.2. The average molecular weight is 467 g/mol. The lowest BCUT2D eigenvalue weighted by Gasteiger charge is -2.32. The normalized spacial score (nSPS) is 27.2. The van der Waals surface area contributed by atoms with Crippen molar-refractivity contribution in [1.29, 1.82) is 0 Å². The molecule has 0 spiro atoms. The van der Waals surface area contributed by atoms with Gasteiger partial charge in [0.2, 0.25) is 0 Å². The largest absolute Gasteiger partial charge is 0.379 e. The zero-order valence-electron chi connectivity index (χ0n) is 16.3. The summed E-state index contributed by atoms with van der Waals surface area (Å²) < 4.78 is 11.2. The number of halogens is 1. The van der Waals surface area contributed by atoms with Gasteiger partial charge < -0.3 is 20.1 Å². The van der Waals surface area contributed by atoms with Gasteiger partial charge in [-0.25, -0.2) is 0 Å². The quantitative estimate of drug-likeness (QED) is 0.248. The average Bonchev–Trinajstić information content (AvgIpc) is 3.10. The molecule has 0 amide bonds. The molecule has 5 nitrogen and oxygen atoms in total. The van der Waals surface area contributed by atoms with E-state index in [2.05, 4.69) is 29.5 Å². The van der Waals surface area contributed by atoms with E-state index < -0.39 is 0 Å². The number of rotatable bonds is 8. The van der Waals surface area contributed by atoms with Crippen molar-refractivity contribution in [2.24, 2.45) is 16.8 Å². The van der Waals surface area contributed by atoms with Crippen LogP contribution in [0.15, 0.2) is 4.99 Å². The van der Waals surface area contributed by atoms with Crippen molar-refractivity contribution in [3.63, 3.8) is 0 Å². The molecule has 0 aromatic carbocycles. The molecule has 0 aromatic rings. The lowest BCUT2D eigenvalue weighted by molar-refractivity contribution is 0.0168. The smallest absolute Gasteiger partial charge is 0.191 e. The van der Waals surface area contributed by atoms with Crippen LogP contribution < -0.4 is 10.6 Å². The summed E-state index contributed by atoms with van der Waals surface area (Å²) in [7, 11) is 1.85. The van der Waals surface area contributed by atoms with Crippen LogP contribution in [0.5, 0.6) is 0 Å². The molecule has 0 aromatic heterocycles. The van der Waals surface area contributed by atoms with Crippen molar-refractivity contribution in [3.05, 3.63) is 0 Å². The molecule has 0 bridgehead atoms. The molecule has 2 N–H and O–H groups in total. The fourth-order valence-electron chi connectivity index (χ4n) is 3.69. The van der Waals surface area contributed by atoms with Crippen molar-refractivity contribution in [1.82, 2.24) is 10.6 Å². The van der Waals surface area contributed by atoms with E-state index in [4.69, 9.17) is 9.47 Å². The van der Waals surface area contributed by atoms with Gasteiger partial charge in [-0.3, -0.25) is 4.99 Å². The molecular formula is C19H38IN3O2. The molecule has 1 saturated carbocycles. The van der Waals surface area contributed by atoms with Gasteiger partial charge in [-0.15, -0.1) is 24.0 Å². The fraction of sp³-hybridized carbons (Fsp3) is 0.947. The Morgan fingerprint density at radius 2 is 1.96 bits per heavy atom. The summed E-state index contributed by atoms with van der Waals surface area (Å²) >= 11 is 0. The Hall–Kier alpha value is -0.0800. The highest BCUT2D eigenvalue weighted by Crippen LogP contribution is 2.29.